The van der Waals surface area contributed by atoms with Crippen LogP contribution in [-0.2, 0) is 0 Å². The van der Waals surface area contributed by atoms with E-state index in [1.165, 1.54) is 5.56 Å². The smallest absolute Gasteiger partial charge is 0.157 e. The van der Waals surface area contributed by atoms with E-state index in [1.807, 2.05) is 11.8 Å². The third-order valence-electron chi connectivity index (χ3n) is 4.31. The van der Waals surface area contributed by atoms with Crippen LogP contribution < -0.4 is 5.32 Å². The molecule has 21 heavy (non-hydrogen) atoms. The van der Waals surface area contributed by atoms with Gasteiger partial charge in [-0.1, -0.05) is 42.1 Å². The number of piperazine rings is 1. The van der Waals surface area contributed by atoms with Crippen molar-refractivity contribution in [3.8, 4) is 0 Å². The quantitative estimate of drug-likeness (QED) is 0.920. The molecule has 2 aliphatic heterocycles. The highest BCUT2D eigenvalue weighted by molar-refractivity contribution is 8.14. The number of hydrogen-bond acceptors (Lipinski definition) is 4. The van der Waals surface area contributed by atoms with Gasteiger partial charge in [0.05, 0.1) is 12.6 Å². The average molecular weight is 304 g/mol. The Morgan fingerprint density at radius 2 is 2.05 bits per heavy atom. The Balaban J connectivity index is 1.56. The minimum atomic E-state index is 0.404. The molecule has 2 aliphatic rings. The van der Waals surface area contributed by atoms with Crippen molar-refractivity contribution in [3.05, 3.63) is 35.9 Å². The van der Waals surface area contributed by atoms with Gasteiger partial charge in [0.1, 0.15) is 0 Å². The molecule has 1 aromatic carbocycles. The molecule has 0 spiro atoms. The van der Waals surface area contributed by atoms with Crippen molar-refractivity contribution >= 4 is 16.9 Å². The Hall–Kier alpha value is -1.04. The molecule has 1 aromatic rings. The molecular weight excluding hydrogens is 280 g/mol. The van der Waals surface area contributed by atoms with Gasteiger partial charge in [0.2, 0.25) is 0 Å². The third kappa shape index (κ3) is 3.78. The number of hydrogen-bond donors (Lipinski definition) is 1. The van der Waals surface area contributed by atoms with Crippen LogP contribution in [0, 0.1) is 0 Å². The minimum absolute atomic E-state index is 0.404. The maximum absolute atomic E-state index is 4.81. The summed E-state index contributed by atoms with van der Waals surface area (Å²) in [6.45, 7) is 4.30. The van der Waals surface area contributed by atoms with Gasteiger partial charge in [-0.05, 0) is 19.7 Å². The molecule has 114 valence electrons. The van der Waals surface area contributed by atoms with Crippen molar-refractivity contribution in [2.45, 2.75) is 12.1 Å². The van der Waals surface area contributed by atoms with E-state index in [9.17, 15) is 0 Å². The second kappa shape index (κ2) is 6.81. The first-order valence-corrected chi connectivity index (χ1v) is 8.58. The van der Waals surface area contributed by atoms with Gasteiger partial charge in [-0.2, -0.15) is 0 Å². The molecular formula is C16H24N4S. The Labute approximate surface area is 131 Å². The molecule has 0 aromatic heterocycles. The van der Waals surface area contributed by atoms with E-state index >= 15 is 0 Å². The number of likely N-dealkylation sites (N-methyl/N-ethyl adjacent to an activating group) is 2. The molecule has 0 amide bonds. The number of amidine groups is 1. The van der Waals surface area contributed by atoms with Crippen molar-refractivity contribution in [1.29, 1.82) is 0 Å². The van der Waals surface area contributed by atoms with Crippen LogP contribution in [0.25, 0.3) is 0 Å². The Morgan fingerprint density at radius 3 is 2.86 bits per heavy atom. The topological polar surface area (TPSA) is 30.9 Å². The zero-order valence-corrected chi connectivity index (χ0v) is 13.6. The van der Waals surface area contributed by atoms with Gasteiger partial charge >= 0.3 is 0 Å². The molecule has 5 heteroatoms. The predicted molar refractivity (Wildman–Crippen MR) is 91.0 cm³/mol. The number of thioether (sulfide) groups is 1. The van der Waals surface area contributed by atoms with Gasteiger partial charge in [-0.3, -0.25) is 9.89 Å². The van der Waals surface area contributed by atoms with Crippen LogP contribution >= 0.6 is 11.8 Å². The van der Waals surface area contributed by atoms with E-state index < -0.39 is 0 Å². The maximum atomic E-state index is 4.81. The van der Waals surface area contributed by atoms with E-state index in [0.717, 1.165) is 37.1 Å². The summed E-state index contributed by atoms with van der Waals surface area (Å²) in [5.41, 5.74) is 1.35. The molecule has 0 bridgehead atoms. The summed E-state index contributed by atoms with van der Waals surface area (Å²) >= 11 is 1.84. The highest BCUT2D eigenvalue weighted by atomic mass is 32.2. The molecule has 2 unspecified atom stereocenters. The second-order valence-corrected chi connectivity index (χ2v) is 6.97. The molecule has 2 fully saturated rings. The van der Waals surface area contributed by atoms with E-state index in [2.05, 4.69) is 59.5 Å². The first-order valence-electron chi connectivity index (χ1n) is 7.60. The molecule has 2 atom stereocenters. The van der Waals surface area contributed by atoms with Crippen LogP contribution in [-0.4, -0.2) is 67.0 Å². The fourth-order valence-electron chi connectivity index (χ4n) is 2.84. The summed E-state index contributed by atoms with van der Waals surface area (Å²) in [7, 11) is 4.40. The fraction of sp³-hybridized carbons (Fsp3) is 0.562. The standard InChI is InChI=1S/C16H24N4S/c1-19-8-9-20(2)14(11-19)10-17-16-18-15(12-21-16)13-6-4-3-5-7-13/h3-7,14-15H,8-12H2,1-2H3,(H,17,18). The molecule has 2 saturated heterocycles. The van der Waals surface area contributed by atoms with E-state index in [-0.39, 0.29) is 0 Å². The molecule has 0 aliphatic carbocycles. The molecule has 1 N–H and O–H groups in total. The van der Waals surface area contributed by atoms with E-state index in [4.69, 9.17) is 4.99 Å². The Bertz CT molecular complexity index is 490. The van der Waals surface area contributed by atoms with Crippen molar-refractivity contribution in [2.24, 2.45) is 4.99 Å². The molecule has 2 heterocycles. The van der Waals surface area contributed by atoms with Gasteiger partial charge in [-0.25, -0.2) is 0 Å². The Morgan fingerprint density at radius 1 is 1.24 bits per heavy atom. The predicted octanol–water partition coefficient (Wildman–Crippen LogP) is 1.67. The van der Waals surface area contributed by atoms with Crippen LogP contribution in [0.3, 0.4) is 0 Å². The van der Waals surface area contributed by atoms with Gasteiger partial charge in [0.15, 0.2) is 5.17 Å². The SMILES string of the molecule is CN1CCN(C)C(CN=C2NC(c3ccccc3)CS2)C1. The number of nitrogens with one attached hydrogen (secondary N) is 1. The van der Waals surface area contributed by atoms with Gasteiger partial charge < -0.3 is 10.2 Å². The summed E-state index contributed by atoms with van der Waals surface area (Å²) in [6.07, 6.45) is 0. The summed E-state index contributed by atoms with van der Waals surface area (Å²) < 4.78 is 0. The molecule has 3 rings (SSSR count). The van der Waals surface area contributed by atoms with Crippen molar-refractivity contribution in [3.63, 3.8) is 0 Å². The fourth-order valence-corrected chi connectivity index (χ4v) is 3.83. The van der Waals surface area contributed by atoms with E-state index in [1.54, 1.807) is 0 Å². The second-order valence-electron chi connectivity index (χ2n) is 5.96. The highest BCUT2D eigenvalue weighted by Crippen LogP contribution is 2.25. The lowest BCUT2D eigenvalue weighted by Gasteiger charge is -2.36. The van der Waals surface area contributed by atoms with Crippen LogP contribution in [0.5, 0.6) is 0 Å². The normalized spacial score (nSPS) is 29.7. The number of benzene rings is 1. The molecule has 0 saturated carbocycles. The van der Waals surface area contributed by atoms with E-state index in [0.29, 0.717) is 12.1 Å². The zero-order valence-electron chi connectivity index (χ0n) is 12.8. The van der Waals surface area contributed by atoms with Crippen LogP contribution in [0.2, 0.25) is 0 Å². The van der Waals surface area contributed by atoms with Crippen molar-refractivity contribution in [1.82, 2.24) is 15.1 Å². The zero-order chi connectivity index (χ0) is 14.7. The number of nitrogens with zero attached hydrogens (tertiary/aromatic N) is 3. The molecule has 0 radical (unpaired) electrons. The summed E-state index contributed by atoms with van der Waals surface area (Å²) in [4.78, 5) is 9.63. The van der Waals surface area contributed by atoms with Gasteiger partial charge in [-0.15, -0.1) is 0 Å². The van der Waals surface area contributed by atoms with Crippen molar-refractivity contribution in [2.75, 3.05) is 46.0 Å². The van der Waals surface area contributed by atoms with Crippen LogP contribution in [0.4, 0.5) is 0 Å². The third-order valence-corrected chi connectivity index (χ3v) is 5.33. The van der Waals surface area contributed by atoms with Crippen LogP contribution in [0.1, 0.15) is 11.6 Å². The number of rotatable bonds is 3. The number of aliphatic imine (C=N–C) groups is 1. The summed E-state index contributed by atoms with van der Waals surface area (Å²) in [5.74, 6) is 1.07. The molecule has 4 nitrogen and oxygen atoms in total. The lowest BCUT2D eigenvalue weighted by Crippen LogP contribution is -2.51. The highest BCUT2D eigenvalue weighted by Gasteiger charge is 2.24. The van der Waals surface area contributed by atoms with Gasteiger partial charge in [0, 0.05) is 31.4 Å². The lowest BCUT2D eigenvalue weighted by molar-refractivity contribution is 0.119. The first kappa shape index (κ1) is 14.9. The average Bonchev–Trinajstić information content (AvgIpc) is 2.98. The minimum Gasteiger partial charge on any atom is -0.357 e. The largest absolute Gasteiger partial charge is 0.357 e. The first-order chi connectivity index (χ1) is 10.2. The van der Waals surface area contributed by atoms with Crippen molar-refractivity contribution < 1.29 is 0 Å². The maximum Gasteiger partial charge on any atom is 0.157 e. The Kier molecular flexibility index (Phi) is 4.83. The lowest BCUT2D eigenvalue weighted by atomic mass is 10.1. The summed E-state index contributed by atoms with van der Waals surface area (Å²) in [5, 5.41) is 4.66. The van der Waals surface area contributed by atoms with Crippen LogP contribution in [0.15, 0.2) is 35.3 Å². The summed E-state index contributed by atoms with van der Waals surface area (Å²) in [6, 6.07) is 11.6. The monoisotopic (exact) mass is 304 g/mol. The van der Waals surface area contributed by atoms with Gasteiger partial charge in [0.25, 0.3) is 0 Å².